The van der Waals surface area contributed by atoms with Crippen LogP contribution in [-0.2, 0) is 10.0 Å². The molecule has 0 aliphatic rings. The average Bonchev–Trinajstić information content (AvgIpc) is 2.02. The molecule has 0 spiro atoms. The number of hydrogen-bond acceptors (Lipinski definition) is 4. The number of hydrogen-bond donors (Lipinski definition) is 2. The molecule has 0 aromatic rings. The van der Waals surface area contributed by atoms with Crippen molar-refractivity contribution in [1.82, 2.24) is 4.72 Å². The largest absolute Gasteiger partial charge is 0.325 e. The van der Waals surface area contributed by atoms with Crippen LogP contribution in [0.15, 0.2) is 0 Å². The van der Waals surface area contributed by atoms with Crippen LogP contribution in [0.25, 0.3) is 0 Å². The summed E-state index contributed by atoms with van der Waals surface area (Å²) in [6.07, 6.45) is 0. The normalized spacial score (nSPS) is 12.5. The molecule has 0 saturated carbocycles. The van der Waals surface area contributed by atoms with Crippen molar-refractivity contribution in [3.63, 3.8) is 0 Å². The van der Waals surface area contributed by atoms with Gasteiger partial charge in [0.15, 0.2) is 5.75 Å². The van der Waals surface area contributed by atoms with Gasteiger partial charge in [0.05, 0.1) is 19.2 Å². The SMILES string of the molecule is N#CCS(=O)(=O)NCC(F)(F)CN. The van der Waals surface area contributed by atoms with Crippen LogP contribution in [-0.4, -0.2) is 33.2 Å². The highest BCUT2D eigenvalue weighted by atomic mass is 32.2. The number of alkyl halides is 2. The maximum absolute atomic E-state index is 12.4. The Balaban J connectivity index is 4.12. The molecule has 0 unspecified atom stereocenters. The average molecular weight is 213 g/mol. The van der Waals surface area contributed by atoms with Crippen LogP contribution >= 0.6 is 0 Å². The van der Waals surface area contributed by atoms with Crippen LogP contribution in [0.2, 0.25) is 0 Å². The van der Waals surface area contributed by atoms with Crippen LogP contribution in [0.5, 0.6) is 0 Å². The lowest BCUT2D eigenvalue weighted by atomic mass is 10.3. The smallest absolute Gasteiger partial charge is 0.273 e. The van der Waals surface area contributed by atoms with Gasteiger partial charge in [-0.1, -0.05) is 0 Å². The number of nitrogens with two attached hydrogens (primary N) is 1. The molecule has 0 aliphatic heterocycles. The molecule has 8 heteroatoms. The van der Waals surface area contributed by atoms with Gasteiger partial charge in [0.25, 0.3) is 5.92 Å². The van der Waals surface area contributed by atoms with Crippen LogP contribution in [0, 0.1) is 11.3 Å². The number of nitriles is 1. The van der Waals surface area contributed by atoms with E-state index >= 15 is 0 Å². The third-order valence-corrected chi connectivity index (χ3v) is 2.20. The number of nitrogens with zero attached hydrogens (tertiary/aromatic N) is 1. The fourth-order valence-corrected chi connectivity index (χ4v) is 1.13. The fraction of sp³-hybridized carbons (Fsp3) is 0.800. The zero-order valence-electron chi connectivity index (χ0n) is 6.63. The van der Waals surface area contributed by atoms with E-state index < -0.39 is 34.8 Å². The molecule has 0 bridgehead atoms. The van der Waals surface area contributed by atoms with Crippen molar-refractivity contribution in [2.24, 2.45) is 5.73 Å². The van der Waals surface area contributed by atoms with Gasteiger partial charge >= 0.3 is 0 Å². The second-order valence-corrected chi connectivity index (χ2v) is 4.11. The summed E-state index contributed by atoms with van der Waals surface area (Å²) in [4.78, 5) is 0. The monoisotopic (exact) mass is 213 g/mol. The predicted octanol–water partition coefficient (Wildman–Crippen LogP) is -0.977. The first-order valence-corrected chi connectivity index (χ1v) is 4.90. The summed E-state index contributed by atoms with van der Waals surface area (Å²) >= 11 is 0. The lowest BCUT2D eigenvalue weighted by Gasteiger charge is -2.13. The molecular formula is C5H9F2N3O2S. The van der Waals surface area contributed by atoms with E-state index in [4.69, 9.17) is 5.26 Å². The molecule has 0 aliphatic carbocycles. The molecule has 13 heavy (non-hydrogen) atoms. The standard InChI is InChI=1S/C5H9F2N3O2S/c6-5(7,3-9)4-10-13(11,12)2-1-8/h10H,2-4,9H2. The molecule has 5 nitrogen and oxygen atoms in total. The molecule has 0 radical (unpaired) electrons. The van der Waals surface area contributed by atoms with E-state index in [1.807, 2.05) is 0 Å². The van der Waals surface area contributed by atoms with E-state index in [1.54, 1.807) is 4.72 Å². The van der Waals surface area contributed by atoms with Crippen molar-refractivity contribution < 1.29 is 17.2 Å². The van der Waals surface area contributed by atoms with E-state index in [9.17, 15) is 17.2 Å². The molecule has 0 amide bonds. The van der Waals surface area contributed by atoms with Crippen molar-refractivity contribution in [2.75, 3.05) is 18.8 Å². The second-order valence-electron chi connectivity index (χ2n) is 2.30. The van der Waals surface area contributed by atoms with Gasteiger partial charge in [-0.25, -0.2) is 21.9 Å². The maximum atomic E-state index is 12.4. The lowest BCUT2D eigenvalue weighted by molar-refractivity contribution is 0.0170. The summed E-state index contributed by atoms with van der Waals surface area (Å²) in [5.41, 5.74) is 4.66. The fourth-order valence-electron chi connectivity index (χ4n) is 0.424. The van der Waals surface area contributed by atoms with Gasteiger partial charge in [0, 0.05) is 0 Å². The highest BCUT2D eigenvalue weighted by Crippen LogP contribution is 2.08. The molecule has 0 atom stereocenters. The Bertz CT molecular complexity index is 295. The number of nitrogens with one attached hydrogen (secondary N) is 1. The third kappa shape index (κ3) is 5.46. The van der Waals surface area contributed by atoms with Gasteiger partial charge in [0.2, 0.25) is 10.0 Å². The summed E-state index contributed by atoms with van der Waals surface area (Å²) in [5.74, 6) is -4.11. The first kappa shape index (κ1) is 12.2. The Labute approximate surface area is 74.6 Å². The molecule has 0 aromatic heterocycles. The highest BCUT2D eigenvalue weighted by Gasteiger charge is 2.28. The van der Waals surface area contributed by atoms with Crippen LogP contribution < -0.4 is 10.5 Å². The van der Waals surface area contributed by atoms with Gasteiger partial charge in [-0.05, 0) is 0 Å². The lowest BCUT2D eigenvalue weighted by Crippen LogP contribution is -2.42. The minimum Gasteiger partial charge on any atom is -0.325 e. The van der Waals surface area contributed by atoms with E-state index in [-0.39, 0.29) is 0 Å². The van der Waals surface area contributed by atoms with Gasteiger partial charge in [-0.3, -0.25) is 0 Å². The number of halogens is 2. The van der Waals surface area contributed by atoms with Crippen LogP contribution in [0.4, 0.5) is 8.78 Å². The Morgan fingerprint density at radius 1 is 1.54 bits per heavy atom. The zero-order valence-corrected chi connectivity index (χ0v) is 7.44. The summed E-state index contributed by atoms with van der Waals surface area (Å²) in [5, 5.41) is 8.01. The maximum Gasteiger partial charge on any atom is 0.273 e. The number of rotatable bonds is 5. The van der Waals surface area contributed by atoms with Crippen LogP contribution in [0.1, 0.15) is 0 Å². The highest BCUT2D eigenvalue weighted by molar-refractivity contribution is 7.89. The Morgan fingerprint density at radius 3 is 2.46 bits per heavy atom. The zero-order chi connectivity index (χ0) is 10.5. The van der Waals surface area contributed by atoms with Crippen LogP contribution in [0.3, 0.4) is 0 Å². The molecular weight excluding hydrogens is 204 g/mol. The van der Waals surface area contributed by atoms with Crippen molar-refractivity contribution in [3.05, 3.63) is 0 Å². The molecule has 0 fully saturated rings. The van der Waals surface area contributed by atoms with E-state index in [0.29, 0.717) is 0 Å². The van der Waals surface area contributed by atoms with Gasteiger partial charge in [-0.15, -0.1) is 0 Å². The Kier molecular flexibility index (Phi) is 4.19. The predicted molar refractivity (Wildman–Crippen MR) is 41.4 cm³/mol. The summed E-state index contributed by atoms with van der Waals surface area (Å²) < 4.78 is 47.7. The first-order chi connectivity index (χ1) is 5.83. The molecule has 0 heterocycles. The van der Waals surface area contributed by atoms with Gasteiger partial charge in [-0.2, -0.15) is 5.26 Å². The molecule has 76 valence electrons. The Morgan fingerprint density at radius 2 is 2.08 bits per heavy atom. The Hall–Kier alpha value is -0.780. The van der Waals surface area contributed by atoms with Crippen molar-refractivity contribution >= 4 is 10.0 Å². The molecule has 0 rings (SSSR count). The van der Waals surface area contributed by atoms with E-state index in [0.717, 1.165) is 0 Å². The molecule has 3 N–H and O–H groups in total. The topological polar surface area (TPSA) is 96.0 Å². The summed E-state index contributed by atoms with van der Waals surface area (Å²) in [6, 6.07) is 1.34. The summed E-state index contributed by atoms with van der Waals surface area (Å²) in [7, 11) is -3.92. The van der Waals surface area contributed by atoms with E-state index in [2.05, 4.69) is 5.73 Å². The molecule has 0 aromatic carbocycles. The number of sulfonamides is 1. The molecule has 0 saturated heterocycles. The first-order valence-electron chi connectivity index (χ1n) is 3.25. The van der Waals surface area contributed by atoms with Gasteiger partial charge < -0.3 is 5.73 Å². The minimum atomic E-state index is -3.92. The van der Waals surface area contributed by atoms with E-state index in [1.165, 1.54) is 6.07 Å². The van der Waals surface area contributed by atoms with Gasteiger partial charge in [0.1, 0.15) is 0 Å². The quantitative estimate of drug-likeness (QED) is 0.613. The minimum absolute atomic E-state index is 0.840. The second kappa shape index (κ2) is 4.45. The summed E-state index contributed by atoms with van der Waals surface area (Å²) in [6.45, 7) is -2.02. The van der Waals surface area contributed by atoms with Crippen molar-refractivity contribution in [3.8, 4) is 6.07 Å². The third-order valence-electron chi connectivity index (χ3n) is 1.10. The van der Waals surface area contributed by atoms with Crippen molar-refractivity contribution in [2.45, 2.75) is 5.92 Å². The van der Waals surface area contributed by atoms with Crippen molar-refractivity contribution in [1.29, 1.82) is 5.26 Å².